The summed E-state index contributed by atoms with van der Waals surface area (Å²) in [6, 6.07) is 1.48. The van der Waals surface area contributed by atoms with Gasteiger partial charge in [-0.1, -0.05) is 32.1 Å². The van der Waals surface area contributed by atoms with Crippen molar-refractivity contribution in [2.75, 3.05) is 0 Å². The number of carbonyl (C=O) groups is 1. The van der Waals surface area contributed by atoms with Gasteiger partial charge in [-0.25, -0.2) is 4.79 Å². The standard InChI is InChI=1S/C19H36N2O2/c1-19(2,3)23-18(22)21-17-13-9-12-16(14-17)20-15-10-7-5-4-6-8-11-15/h15-17,20H,4-14H2,1-3H3,(H,21,22). The van der Waals surface area contributed by atoms with Gasteiger partial charge in [-0.2, -0.15) is 0 Å². The molecular weight excluding hydrogens is 288 g/mol. The van der Waals surface area contributed by atoms with Crippen molar-refractivity contribution in [3.8, 4) is 0 Å². The van der Waals surface area contributed by atoms with Crippen LogP contribution >= 0.6 is 0 Å². The SMILES string of the molecule is CC(C)(C)OC(=O)NC1CCCC(NC2CCCCCCC2)C1. The maximum absolute atomic E-state index is 12.0. The van der Waals surface area contributed by atoms with E-state index in [1.165, 1.54) is 57.8 Å². The first-order chi connectivity index (χ1) is 10.9. The third kappa shape index (κ3) is 7.56. The Balaban J connectivity index is 1.75. The van der Waals surface area contributed by atoms with Crippen molar-refractivity contribution in [1.29, 1.82) is 0 Å². The number of hydrogen-bond acceptors (Lipinski definition) is 3. The second-order valence-corrected chi connectivity index (χ2v) is 8.42. The van der Waals surface area contributed by atoms with Crippen LogP contribution in [0.25, 0.3) is 0 Å². The zero-order valence-corrected chi connectivity index (χ0v) is 15.3. The van der Waals surface area contributed by atoms with E-state index < -0.39 is 5.60 Å². The summed E-state index contributed by atoms with van der Waals surface area (Å²) in [5.74, 6) is 0. The molecule has 1 amide bonds. The van der Waals surface area contributed by atoms with E-state index in [2.05, 4.69) is 10.6 Å². The first-order valence-electron chi connectivity index (χ1n) is 9.68. The van der Waals surface area contributed by atoms with Crippen molar-refractivity contribution in [3.63, 3.8) is 0 Å². The Hall–Kier alpha value is -0.770. The average Bonchev–Trinajstić information content (AvgIpc) is 2.40. The highest BCUT2D eigenvalue weighted by Crippen LogP contribution is 2.23. The molecule has 2 aliphatic rings. The van der Waals surface area contributed by atoms with Gasteiger partial charge in [0.25, 0.3) is 0 Å². The van der Waals surface area contributed by atoms with Crippen LogP contribution in [0.1, 0.15) is 91.4 Å². The van der Waals surface area contributed by atoms with E-state index in [1.54, 1.807) is 0 Å². The summed E-state index contributed by atoms with van der Waals surface area (Å²) in [6.45, 7) is 5.73. The van der Waals surface area contributed by atoms with Gasteiger partial charge in [-0.15, -0.1) is 0 Å². The quantitative estimate of drug-likeness (QED) is 0.802. The van der Waals surface area contributed by atoms with Gasteiger partial charge in [0, 0.05) is 18.1 Å². The Bertz CT molecular complexity index is 357. The van der Waals surface area contributed by atoms with E-state index in [1.807, 2.05) is 20.8 Å². The Kier molecular flexibility index (Phi) is 7.19. The highest BCUT2D eigenvalue weighted by atomic mass is 16.6. The minimum absolute atomic E-state index is 0.254. The van der Waals surface area contributed by atoms with Gasteiger partial charge < -0.3 is 15.4 Å². The van der Waals surface area contributed by atoms with E-state index in [9.17, 15) is 4.79 Å². The zero-order valence-electron chi connectivity index (χ0n) is 15.3. The lowest BCUT2D eigenvalue weighted by Crippen LogP contribution is -2.48. The summed E-state index contributed by atoms with van der Waals surface area (Å²) >= 11 is 0. The lowest BCUT2D eigenvalue weighted by Gasteiger charge is -2.34. The molecule has 2 saturated carbocycles. The zero-order chi connectivity index (χ0) is 16.7. The predicted octanol–water partition coefficient (Wildman–Crippen LogP) is 4.52. The van der Waals surface area contributed by atoms with Crippen molar-refractivity contribution < 1.29 is 9.53 Å². The monoisotopic (exact) mass is 324 g/mol. The molecule has 2 fully saturated rings. The van der Waals surface area contributed by atoms with Crippen LogP contribution in [-0.4, -0.2) is 29.8 Å². The van der Waals surface area contributed by atoms with Crippen molar-refractivity contribution in [2.45, 2.75) is 115 Å². The third-order valence-corrected chi connectivity index (χ3v) is 4.97. The van der Waals surface area contributed by atoms with Gasteiger partial charge >= 0.3 is 6.09 Å². The van der Waals surface area contributed by atoms with Crippen LogP contribution in [-0.2, 0) is 4.74 Å². The number of nitrogens with one attached hydrogen (secondary N) is 2. The second-order valence-electron chi connectivity index (χ2n) is 8.42. The van der Waals surface area contributed by atoms with Gasteiger partial charge in [-0.3, -0.25) is 0 Å². The number of rotatable bonds is 3. The van der Waals surface area contributed by atoms with Crippen LogP contribution < -0.4 is 10.6 Å². The van der Waals surface area contributed by atoms with Crippen molar-refractivity contribution in [3.05, 3.63) is 0 Å². The van der Waals surface area contributed by atoms with Gasteiger partial charge in [0.05, 0.1) is 0 Å². The number of ether oxygens (including phenoxy) is 1. The van der Waals surface area contributed by atoms with E-state index in [0.29, 0.717) is 12.1 Å². The maximum Gasteiger partial charge on any atom is 0.407 e. The van der Waals surface area contributed by atoms with Crippen LogP contribution in [0.2, 0.25) is 0 Å². The van der Waals surface area contributed by atoms with Gasteiger partial charge in [0.2, 0.25) is 0 Å². The van der Waals surface area contributed by atoms with Crippen LogP contribution in [0, 0.1) is 0 Å². The molecule has 134 valence electrons. The molecule has 0 radical (unpaired) electrons. The molecule has 2 unspecified atom stereocenters. The molecule has 2 rings (SSSR count). The summed E-state index contributed by atoms with van der Waals surface area (Å²) in [5, 5.41) is 6.95. The van der Waals surface area contributed by atoms with E-state index >= 15 is 0 Å². The molecule has 23 heavy (non-hydrogen) atoms. The fraction of sp³-hybridized carbons (Fsp3) is 0.947. The summed E-state index contributed by atoms with van der Waals surface area (Å²) in [6.07, 6.45) is 13.8. The molecule has 0 heterocycles. The average molecular weight is 325 g/mol. The fourth-order valence-electron chi connectivity index (χ4n) is 3.90. The number of amides is 1. The minimum Gasteiger partial charge on any atom is -0.444 e. The van der Waals surface area contributed by atoms with Crippen LogP contribution in [0.15, 0.2) is 0 Å². The summed E-state index contributed by atoms with van der Waals surface area (Å²) in [7, 11) is 0. The topological polar surface area (TPSA) is 50.4 Å². The molecule has 0 saturated heterocycles. The first kappa shape index (κ1) is 18.6. The third-order valence-electron chi connectivity index (χ3n) is 4.97. The first-order valence-corrected chi connectivity index (χ1v) is 9.68. The normalized spacial score (nSPS) is 27.8. The number of carbonyl (C=O) groups excluding carboxylic acids is 1. The number of hydrogen-bond donors (Lipinski definition) is 2. The van der Waals surface area contributed by atoms with Crippen molar-refractivity contribution in [2.24, 2.45) is 0 Å². The van der Waals surface area contributed by atoms with Gasteiger partial charge in [0.1, 0.15) is 5.60 Å². The summed E-state index contributed by atoms with van der Waals surface area (Å²) < 4.78 is 5.39. The predicted molar refractivity (Wildman–Crippen MR) is 94.7 cm³/mol. The number of alkyl carbamates (subject to hydrolysis) is 1. The molecule has 0 aromatic carbocycles. The van der Waals surface area contributed by atoms with Gasteiger partial charge in [0.15, 0.2) is 0 Å². The molecule has 0 spiro atoms. The minimum atomic E-state index is -0.421. The van der Waals surface area contributed by atoms with Crippen LogP contribution in [0.3, 0.4) is 0 Å². The molecular formula is C19H36N2O2. The molecule has 0 aliphatic heterocycles. The molecule has 2 N–H and O–H groups in total. The smallest absolute Gasteiger partial charge is 0.407 e. The van der Waals surface area contributed by atoms with E-state index in [0.717, 1.165) is 12.8 Å². The Morgan fingerprint density at radius 2 is 1.39 bits per heavy atom. The largest absolute Gasteiger partial charge is 0.444 e. The Morgan fingerprint density at radius 1 is 0.826 bits per heavy atom. The maximum atomic E-state index is 12.0. The lowest BCUT2D eigenvalue weighted by atomic mass is 9.89. The van der Waals surface area contributed by atoms with E-state index in [4.69, 9.17) is 4.74 Å². The van der Waals surface area contributed by atoms with E-state index in [-0.39, 0.29) is 12.1 Å². The van der Waals surface area contributed by atoms with Crippen LogP contribution in [0.5, 0.6) is 0 Å². The lowest BCUT2D eigenvalue weighted by molar-refractivity contribution is 0.0487. The highest BCUT2D eigenvalue weighted by Gasteiger charge is 2.26. The molecule has 4 heteroatoms. The summed E-state index contributed by atoms with van der Waals surface area (Å²) in [5.41, 5.74) is -0.421. The molecule has 4 nitrogen and oxygen atoms in total. The fourth-order valence-corrected chi connectivity index (χ4v) is 3.90. The van der Waals surface area contributed by atoms with Crippen molar-refractivity contribution >= 4 is 6.09 Å². The molecule has 2 atom stereocenters. The molecule has 0 aromatic heterocycles. The second kappa shape index (κ2) is 8.91. The highest BCUT2D eigenvalue weighted by molar-refractivity contribution is 5.68. The van der Waals surface area contributed by atoms with Crippen LogP contribution in [0.4, 0.5) is 4.79 Å². The molecule has 2 aliphatic carbocycles. The molecule has 0 aromatic rings. The Labute approximate surface area is 142 Å². The molecule has 0 bridgehead atoms. The van der Waals surface area contributed by atoms with Gasteiger partial charge in [-0.05, 0) is 59.3 Å². The summed E-state index contributed by atoms with van der Waals surface area (Å²) in [4.78, 5) is 12.0. The van der Waals surface area contributed by atoms with Crippen molar-refractivity contribution in [1.82, 2.24) is 10.6 Å². The Morgan fingerprint density at radius 3 is 2.04 bits per heavy atom.